The predicted octanol–water partition coefficient (Wildman–Crippen LogP) is 5.67. The molecule has 0 amide bonds. The Balaban J connectivity index is 1.95. The van der Waals surface area contributed by atoms with Gasteiger partial charge in [0.2, 0.25) is 0 Å². The quantitative estimate of drug-likeness (QED) is 0.472. The molecule has 0 spiro atoms. The van der Waals surface area contributed by atoms with E-state index < -0.39 is 5.82 Å². The zero-order valence-corrected chi connectivity index (χ0v) is 14.4. The summed E-state index contributed by atoms with van der Waals surface area (Å²) >= 11 is 6.15. The van der Waals surface area contributed by atoms with Crippen molar-refractivity contribution in [3.63, 3.8) is 0 Å². The van der Waals surface area contributed by atoms with Crippen LogP contribution in [-0.4, -0.2) is 15.0 Å². The summed E-state index contributed by atoms with van der Waals surface area (Å²) in [5, 5.41) is -0.00303. The molecule has 26 heavy (non-hydrogen) atoms. The Labute approximate surface area is 155 Å². The third kappa shape index (κ3) is 3.19. The molecule has 0 atom stereocenters. The highest BCUT2D eigenvalue weighted by molar-refractivity contribution is 6.33. The highest BCUT2D eigenvalue weighted by Crippen LogP contribution is 2.30. The first-order valence-electron chi connectivity index (χ1n) is 8.03. The smallest absolute Gasteiger partial charge is 0.165 e. The highest BCUT2D eigenvalue weighted by atomic mass is 35.5. The summed E-state index contributed by atoms with van der Waals surface area (Å²) in [6.07, 6.45) is 0. The summed E-state index contributed by atoms with van der Waals surface area (Å²) in [5.74, 6) is 0.846. The molecule has 0 aliphatic carbocycles. The van der Waals surface area contributed by atoms with Gasteiger partial charge in [0.15, 0.2) is 17.5 Å². The van der Waals surface area contributed by atoms with Crippen LogP contribution in [0, 0.1) is 5.82 Å². The van der Waals surface area contributed by atoms with Crippen LogP contribution in [0.1, 0.15) is 0 Å². The summed E-state index contributed by atoms with van der Waals surface area (Å²) < 4.78 is 13.9. The van der Waals surface area contributed by atoms with Gasteiger partial charge in [0, 0.05) is 16.7 Å². The molecule has 5 heteroatoms. The average molecular weight is 362 g/mol. The van der Waals surface area contributed by atoms with Gasteiger partial charge in [0.05, 0.1) is 5.02 Å². The van der Waals surface area contributed by atoms with Gasteiger partial charge in [-0.25, -0.2) is 19.3 Å². The molecule has 0 aliphatic heterocycles. The third-order valence-corrected chi connectivity index (χ3v) is 4.28. The lowest BCUT2D eigenvalue weighted by molar-refractivity contribution is 0.628. The van der Waals surface area contributed by atoms with Crippen molar-refractivity contribution < 1.29 is 4.39 Å². The molecule has 0 bridgehead atoms. The van der Waals surface area contributed by atoms with E-state index in [0.29, 0.717) is 23.0 Å². The summed E-state index contributed by atoms with van der Waals surface area (Å²) in [4.78, 5) is 13.6. The van der Waals surface area contributed by atoms with E-state index in [0.717, 1.165) is 11.1 Å². The lowest BCUT2D eigenvalue weighted by Gasteiger charge is -2.09. The van der Waals surface area contributed by atoms with Crippen LogP contribution < -0.4 is 0 Å². The minimum atomic E-state index is -0.507. The molecule has 0 saturated heterocycles. The van der Waals surface area contributed by atoms with Gasteiger partial charge in [-0.05, 0) is 12.1 Å². The van der Waals surface area contributed by atoms with Gasteiger partial charge in [-0.3, -0.25) is 0 Å². The lowest BCUT2D eigenvalue weighted by Crippen LogP contribution is -2.00. The number of hydrogen-bond acceptors (Lipinski definition) is 3. The topological polar surface area (TPSA) is 38.7 Å². The predicted molar refractivity (Wildman–Crippen MR) is 101 cm³/mol. The Morgan fingerprint density at radius 2 is 1.08 bits per heavy atom. The van der Waals surface area contributed by atoms with Crippen molar-refractivity contribution in [2.45, 2.75) is 0 Å². The lowest BCUT2D eigenvalue weighted by atomic mass is 10.1. The van der Waals surface area contributed by atoms with E-state index in [1.165, 1.54) is 6.07 Å². The number of halogens is 2. The second-order valence-corrected chi connectivity index (χ2v) is 6.02. The maximum atomic E-state index is 13.9. The van der Waals surface area contributed by atoms with Crippen molar-refractivity contribution in [2.75, 3.05) is 0 Å². The van der Waals surface area contributed by atoms with Crippen LogP contribution in [0.3, 0.4) is 0 Å². The maximum absolute atomic E-state index is 13.9. The summed E-state index contributed by atoms with van der Waals surface area (Å²) in [7, 11) is 0. The zero-order valence-electron chi connectivity index (χ0n) is 13.6. The Morgan fingerprint density at radius 1 is 0.577 bits per heavy atom. The van der Waals surface area contributed by atoms with Gasteiger partial charge >= 0.3 is 0 Å². The Bertz CT molecular complexity index is 996. The van der Waals surface area contributed by atoms with Gasteiger partial charge in [0.1, 0.15) is 5.82 Å². The molecule has 4 rings (SSSR count). The summed E-state index contributed by atoms with van der Waals surface area (Å²) in [6.45, 7) is 0. The van der Waals surface area contributed by atoms with E-state index in [1.54, 1.807) is 12.1 Å². The van der Waals surface area contributed by atoms with Crippen molar-refractivity contribution >= 4 is 11.6 Å². The van der Waals surface area contributed by atoms with E-state index in [4.69, 9.17) is 11.6 Å². The van der Waals surface area contributed by atoms with Gasteiger partial charge in [-0.2, -0.15) is 0 Å². The fraction of sp³-hybridized carbons (Fsp3) is 0. The van der Waals surface area contributed by atoms with Gasteiger partial charge in [0.25, 0.3) is 0 Å². The van der Waals surface area contributed by atoms with E-state index in [1.807, 2.05) is 60.7 Å². The van der Waals surface area contributed by atoms with Gasteiger partial charge < -0.3 is 0 Å². The Hall–Kier alpha value is -3.11. The van der Waals surface area contributed by atoms with Crippen LogP contribution in [0.4, 0.5) is 4.39 Å². The second-order valence-electron chi connectivity index (χ2n) is 5.64. The van der Waals surface area contributed by atoms with Gasteiger partial charge in [-0.15, -0.1) is 0 Å². The number of benzene rings is 3. The first-order chi connectivity index (χ1) is 12.7. The largest absolute Gasteiger partial charge is 0.208 e. The number of nitrogens with zero attached hydrogens (tertiary/aromatic N) is 3. The summed E-state index contributed by atoms with van der Waals surface area (Å²) in [6, 6.07) is 23.8. The normalized spacial score (nSPS) is 10.7. The molecular formula is C21H13ClFN3. The van der Waals surface area contributed by atoms with Crippen molar-refractivity contribution in [3.05, 3.63) is 89.7 Å². The molecule has 0 fully saturated rings. The van der Waals surface area contributed by atoms with Crippen molar-refractivity contribution in [3.8, 4) is 34.2 Å². The van der Waals surface area contributed by atoms with Crippen molar-refractivity contribution in [2.24, 2.45) is 0 Å². The molecule has 0 radical (unpaired) electrons. The van der Waals surface area contributed by atoms with Gasteiger partial charge in [-0.1, -0.05) is 78.3 Å². The fourth-order valence-corrected chi connectivity index (χ4v) is 2.82. The first-order valence-corrected chi connectivity index (χ1v) is 8.41. The molecular weight excluding hydrogens is 349 g/mol. The molecule has 0 aliphatic rings. The average Bonchev–Trinajstić information content (AvgIpc) is 2.71. The van der Waals surface area contributed by atoms with Crippen LogP contribution in [0.25, 0.3) is 34.2 Å². The van der Waals surface area contributed by atoms with Crippen LogP contribution >= 0.6 is 11.6 Å². The Kier molecular flexibility index (Phi) is 4.42. The standard InChI is InChI=1S/C21H13ClFN3/c22-18-16(12-7-13-17(18)23)21-25-19(14-8-3-1-4-9-14)24-20(26-21)15-10-5-2-6-11-15/h1-13H. The fourth-order valence-electron chi connectivity index (χ4n) is 2.61. The first kappa shape index (κ1) is 16.4. The minimum absolute atomic E-state index is 0.00303. The van der Waals surface area contributed by atoms with E-state index in [-0.39, 0.29) is 5.02 Å². The number of aromatic nitrogens is 3. The van der Waals surface area contributed by atoms with Crippen LogP contribution in [0.15, 0.2) is 78.9 Å². The number of rotatable bonds is 3. The van der Waals surface area contributed by atoms with Crippen molar-refractivity contribution in [1.82, 2.24) is 15.0 Å². The van der Waals surface area contributed by atoms with Crippen LogP contribution in [0.5, 0.6) is 0 Å². The molecule has 0 unspecified atom stereocenters. The Morgan fingerprint density at radius 3 is 1.62 bits per heavy atom. The molecule has 0 saturated carbocycles. The molecule has 4 aromatic rings. The maximum Gasteiger partial charge on any atom is 0.165 e. The van der Waals surface area contributed by atoms with E-state index in [2.05, 4.69) is 15.0 Å². The van der Waals surface area contributed by atoms with Crippen LogP contribution in [-0.2, 0) is 0 Å². The van der Waals surface area contributed by atoms with Crippen LogP contribution in [0.2, 0.25) is 5.02 Å². The second kappa shape index (κ2) is 7.02. The SMILES string of the molecule is Fc1cccc(-c2nc(-c3ccccc3)nc(-c3ccccc3)n2)c1Cl. The molecule has 0 N–H and O–H groups in total. The molecule has 1 aromatic heterocycles. The minimum Gasteiger partial charge on any atom is -0.208 e. The molecule has 126 valence electrons. The highest BCUT2D eigenvalue weighted by Gasteiger charge is 2.15. The van der Waals surface area contributed by atoms with E-state index in [9.17, 15) is 4.39 Å². The molecule has 3 aromatic carbocycles. The summed E-state index contributed by atoms with van der Waals surface area (Å²) in [5.41, 5.74) is 2.13. The zero-order chi connectivity index (χ0) is 17.9. The molecule has 3 nitrogen and oxygen atoms in total. The molecule has 1 heterocycles. The number of hydrogen-bond donors (Lipinski definition) is 0. The van der Waals surface area contributed by atoms with Crippen molar-refractivity contribution in [1.29, 1.82) is 0 Å². The monoisotopic (exact) mass is 361 g/mol. The van der Waals surface area contributed by atoms with E-state index >= 15 is 0 Å². The third-order valence-electron chi connectivity index (χ3n) is 3.89.